The lowest BCUT2D eigenvalue weighted by Crippen LogP contribution is -2.08. The largest absolute Gasteiger partial charge is 0.485 e. The number of fused-ring (bicyclic) bond motifs is 3. The summed E-state index contributed by atoms with van der Waals surface area (Å²) in [4.78, 5) is 12.1. The number of ether oxygens (including phenoxy) is 1. The Morgan fingerprint density at radius 2 is 2.18 bits per heavy atom. The zero-order valence-corrected chi connectivity index (χ0v) is 12.0. The Morgan fingerprint density at radius 3 is 3.00 bits per heavy atom. The second-order valence-electron chi connectivity index (χ2n) is 5.45. The lowest BCUT2D eigenvalue weighted by atomic mass is 10.0. The van der Waals surface area contributed by atoms with Gasteiger partial charge in [0, 0.05) is 5.56 Å². The van der Waals surface area contributed by atoms with Crippen molar-refractivity contribution >= 4 is 11.0 Å². The quantitative estimate of drug-likeness (QED) is 0.739. The smallest absolute Gasteiger partial charge is 0.339 e. The molecule has 0 fully saturated rings. The summed E-state index contributed by atoms with van der Waals surface area (Å²) in [5.74, 6) is 1.17. The minimum Gasteiger partial charge on any atom is -0.485 e. The average Bonchev–Trinajstić information content (AvgIpc) is 3.16. The second-order valence-corrected chi connectivity index (χ2v) is 5.45. The molecule has 1 aliphatic carbocycles. The number of aromatic nitrogens is 4. The van der Waals surface area contributed by atoms with E-state index >= 15 is 0 Å². The first kappa shape index (κ1) is 13.0. The van der Waals surface area contributed by atoms with Gasteiger partial charge in [-0.05, 0) is 49.4 Å². The third kappa shape index (κ3) is 2.05. The Bertz CT molecular complexity index is 899. The molecular weight excluding hydrogens is 284 g/mol. The van der Waals surface area contributed by atoms with Crippen molar-refractivity contribution in [3.8, 4) is 5.75 Å². The number of aryl methyl sites for hydroxylation is 2. The molecule has 0 unspecified atom stereocenters. The van der Waals surface area contributed by atoms with Gasteiger partial charge in [-0.2, -0.15) is 5.21 Å². The molecule has 1 aromatic carbocycles. The molecule has 22 heavy (non-hydrogen) atoms. The topological polar surface area (TPSA) is 93.9 Å². The van der Waals surface area contributed by atoms with E-state index in [4.69, 9.17) is 9.15 Å². The summed E-state index contributed by atoms with van der Waals surface area (Å²) >= 11 is 0. The van der Waals surface area contributed by atoms with Gasteiger partial charge in [0.05, 0.1) is 5.39 Å². The number of aromatic amines is 1. The molecule has 4 rings (SSSR count). The van der Waals surface area contributed by atoms with E-state index in [1.165, 1.54) is 0 Å². The summed E-state index contributed by atoms with van der Waals surface area (Å²) in [5, 5.41) is 14.5. The first-order valence-electron chi connectivity index (χ1n) is 7.16. The predicted molar refractivity (Wildman–Crippen MR) is 77.8 cm³/mol. The van der Waals surface area contributed by atoms with Crippen LogP contribution in [0.15, 0.2) is 21.3 Å². The number of rotatable bonds is 3. The van der Waals surface area contributed by atoms with Crippen LogP contribution in [0.3, 0.4) is 0 Å². The van der Waals surface area contributed by atoms with Crippen LogP contribution in [0.1, 0.15) is 28.9 Å². The Hall–Kier alpha value is -2.70. The molecule has 7 heteroatoms. The van der Waals surface area contributed by atoms with Crippen molar-refractivity contribution in [3.05, 3.63) is 45.1 Å². The van der Waals surface area contributed by atoms with Crippen LogP contribution in [0.5, 0.6) is 5.75 Å². The highest BCUT2D eigenvalue weighted by Crippen LogP contribution is 2.35. The van der Waals surface area contributed by atoms with Crippen molar-refractivity contribution in [2.45, 2.75) is 32.8 Å². The van der Waals surface area contributed by atoms with Crippen molar-refractivity contribution in [1.29, 1.82) is 0 Å². The first-order chi connectivity index (χ1) is 10.7. The minimum absolute atomic E-state index is 0.211. The van der Waals surface area contributed by atoms with Gasteiger partial charge in [-0.15, -0.1) is 10.2 Å². The monoisotopic (exact) mass is 298 g/mol. The van der Waals surface area contributed by atoms with Crippen molar-refractivity contribution in [2.24, 2.45) is 0 Å². The van der Waals surface area contributed by atoms with Gasteiger partial charge < -0.3 is 9.15 Å². The molecule has 1 aliphatic rings. The van der Waals surface area contributed by atoms with E-state index in [1.54, 1.807) is 0 Å². The molecule has 7 nitrogen and oxygen atoms in total. The molecule has 0 spiro atoms. The predicted octanol–water partition coefficient (Wildman–Crippen LogP) is 1.68. The highest BCUT2D eigenvalue weighted by Gasteiger charge is 2.22. The van der Waals surface area contributed by atoms with E-state index in [0.29, 0.717) is 17.2 Å². The maximum Gasteiger partial charge on any atom is 0.339 e. The molecule has 3 aromatic rings. The number of tetrazole rings is 1. The number of benzene rings is 1. The number of hydrogen-bond acceptors (Lipinski definition) is 6. The highest BCUT2D eigenvalue weighted by atomic mass is 16.5. The zero-order valence-electron chi connectivity index (χ0n) is 12.0. The number of nitrogens with zero attached hydrogens (tertiary/aromatic N) is 3. The molecule has 0 saturated heterocycles. The zero-order chi connectivity index (χ0) is 15.1. The maximum atomic E-state index is 12.1. The van der Waals surface area contributed by atoms with E-state index in [2.05, 4.69) is 20.6 Å². The standard InChI is InChI=1S/C15H14N4O3/c1-8-5-11(21-7-13-16-18-19-17-13)14-9-3-2-4-10(9)15(20)22-12(14)6-8/h5-6H,2-4,7H2,1H3,(H,16,17,18,19). The van der Waals surface area contributed by atoms with E-state index in [9.17, 15) is 4.79 Å². The molecule has 0 bridgehead atoms. The van der Waals surface area contributed by atoms with Crippen LogP contribution in [-0.4, -0.2) is 20.6 Å². The Morgan fingerprint density at radius 1 is 1.32 bits per heavy atom. The van der Waals surface area contributed by atoms with Crippen LogP contribution in [0.4, 0.5) is 0 Å². The molecule has 0 atom stereocenters. The van der Waals surface area contributed by atoms with Gasteiger partial charge in [-0.3, -0.25) is 0 Å². The Kier molecular flexibility index (Phi) is 2.92. The number of nitrogens with one attached hydrogen (secondary N) is 1. The van der Waals surface area contributed by atoms with Crippen LogP contribution in [-0.2, 0) is 19.4 Å². The molecule has 0 amide bonds. The third-order valence-electron chi connectivity index (χ3n) is 3.92. The molecule has 2 heterocycles. The van der Waals surface area contributed by atoms with Crippen molar-refractivity contribution < 1.29 is 9.15 Å². The fraction of sp³-hybridized carbons (Fsp3) is 0.333. The van der Waals surface area contributed by atoms with Gasteiger partial charge in [0.25, 0.3) is 0 Å². The number of hydrogen-bond donors (Lipinski definition) is 1. The lowest BCUT2D eigenvalue weighted by Gasteiger charge is -2.11. The molecule has 0 saturated carbocycles. The summed E-state index contributed by atoms with van der Waals surface area (Å²) in [6.45, 7) is 2.15. The van der Waals surface area contributed by atoms with Gasteiger partial charge in [-0.25, -0.2) is 4.79 Å². The fourth-order valence-corrected chi connectivity index (χ4v) is 3.01. The normalized spacial score (nSPS) is 13.5. The van der Waals surface area contributed by atoms with Crippen molar-refractivity contribution in [1.82, 2.24) is 20.6 Å². The SMILES string of the molecule is Cc1cc(OCc2nn[nH]n2)c2c3c(c(=O)oc2c1)CCC3. The van der Waals surface area contributed by atoms with Gasteiger partial charge in [-0.1, -0.05) is 5.21 Å². The Balaban J connectivity index is 1.86. The summed E-state index contributed by atoms with van der Waals surface area (Å²) in [5.41, 5.74) is 3.15. The summed E-state index contributed by atoms with van der Waals surface area (Å²) in [6, 6.07) is 3.82. The maximum absolute atomic E-state index is 12.1. The fourth-order valence-electron chi connectivity index (χ4n) is 3.01. The molecule has 0 aliphatic heterocycles. The van der Waals surface area contributed by atoms with Crippen molar-refractivity contribution in [3.63, 3.8) is 0 Å². The average molecular weight is 298 g/mol. The minimum atomic E-state index is -0.227. The molecule has 2 aromatic heterocycles. The van der Waals surface area contributed by atoms with Crippen molar-refractivity contribution in [2.75, 3.05) is 0 Å². The van der Waals surface area contributed by atoms with Crippen LogP contribution in [0.2, 0.25) is 0 Å². The van der Waals surface area contributed by atoms with E-state index in [1.807, 2.05) is 19.1 Å². The lowest BCUT2D eigenvalue weighted by molar-refractivity contribution is 0.299. The summed E-state index contributed by atoms with van der Waals surface area (Å²) in [7, 11) is 0. The van der Waals surface area contributed by atoms with Crippen LogP contribution in [0, 0.1) is 6.92 Å². The highest BCUT2D eigenvalue weighted by molar-refractivity contribution is 5.88. The third-order valence-corrected chi connectivity index (χ3v) is 3.92. The van der Waals surface area contributed by atoms with E-state index in [0.717, 1.165) is 41.3 Å². The Labute approximate surface area is 125 Å². The van der Waals surface area contributed by atoms with Crippen LogP contribution >= 0.6 is 0 Å². The van der Waals surface area contributed by atoms with Gasteiger partial charge >= 0.3 is 5.63 Å². The first-order valence-corrected chi connectivity index (χ1v) is 7.16. The molecule has 1 N–H and O–H groups in total. The van der Waals surface area contributed by atoms with Gasteiger partial charge in [0.2, 0.25) is 5.82 Å². The van der Waals surface area contributed by atoms with E-state index in [-0.39, 0.29) is 12.2 Å². The molecule has 112 valence electrons. The molecular formula is C15H14N4O3. The van der Waals surface area contributed by atoms with Gasteiger partial charge in [0.1, 0.15) is 11.3 Å². The summed E-state index contributed by atoms with van der Waals surface area (Å²) in [6.07, 6.45) is 2.61. The van der Waals surface area contributed by atoms with Crippen LogP contribution in [0.25, 0.3) is 11.0 Å². The molecule has 0 radical (unpaired) electrons. The van der Waals surface area contributed by atoms with E-state index < -0.39 is 0 Å². The second kappa shape index (κ2) is 4.94. The van der Waals surface area contributed by atoms with Gasteiger partial charge in [0.15, 0.2) is 6.61 Å². The van der Waals surface area contributed by atoms with Crippen LogP contribution < -0.4 is 10.4 Å². The number of H-pyrrole nitrogens is 1. The summed E-state index contributed by atoms with van der Waals surface area (Å²) < 4.78 is 11.3.